The highest BCUT2D eigenvalue weighted by atomic mass is 32.1. The number of nitrogens with zero attached hydrogens (tertiary/aromatic N) is 2. The summed E-state index contributed by atoms with van der Waals surface area (Å²) >= 11 is 1.11. The van der Waals surface area contributed by atoms with E-state index in [9.17, 15) is 19.1 Å². The third-order valence-electron chi connectivity index (χ3n) is 6.05. The molecule has 8 heteroatoms. The Morgan fingerprint density at radius 3 is 2.63 bits per heavy atom. The molecule has 6 nitrogen and oxygen atoms in total. The molecule has 1 atom stereocenters. The molecule has 35 heavy (non-hydrogen) atoms. The normalized spacial score (nSPS) is 16.1. The van der Waals surface area contributed by atoms with Crippen LogP contribution in [-0.4, -0.2) is 21.8 Å². The molecular weight excluding hydrogens is 467 g/mol. The first-order chi connectivity index (χ1) is 16.9. The summed E-state index contributed by atoms with van der Waals surface area (Å²) in [7, 11) is 0. The van der Waals surface area contributed by atoms with Gasteiger partial charge in [0.05, 0.1) is 21.8 Å². The van der Waals surface area contributed by atoms with E-state index in [4.69, 9.17) is 4.42 Å². The minimum absolute atomic E-state index is 0.0239. The van der Waals surface area contributed by atoms with Gasteiger partial charge in [0.15, 0.2) is 16.7 Å². The number of furan rings is 1. The van der Waals surface area contributed by atoms with Crippen molar-refractivity contribution in [1.29, 1.82) is 0 Å². The standard InChI is InChI=1S/C27H17FN2O4S/c1-14-6-11-20(34-14)24(31)22-23(17-8-7-15-4-2-3-5-16(15)12-17)30(26(33)25(22)32)27-29-19-10-9-18(28)13-21(19)35-27/h2-13,23,32H,1H3. The molecule has 0 fully saturated rings. The number of ketones is 1. The van der Waals surface area contributed by atoms with Gasteiger partial charge in [0.25, 0.3) is 5.91 Å². The van der Waals surface area contributed by atoms with E-state index in [1.54, 1.807) is 13.0 Å². The summed E-state index contributed by atoms with van der Waals surface area (Å²) in [5.41, 5.74) is 1.04. The second kappa shape index (κ2) is 7.89. The number of halogens is 1. The molecule has 2 aromatic heterocycles. The highest BCUT2D eigenvalue weighted by Gasteiger charge is 2.46. The topological polar surface area (TPSA) is 83.6 Å². The lowest BCUT2D eigenvalue weighted by Crippen LogP contribution is -2.30. The lowest BCUT2D eigenvalue weighted by atomic mass is 9.93. The quantitative estimate of drug-likeness (QED) is 0.304. The number of aromatic nitrogens is 1. The first-order valence-corrected chi connectivity index (χ1v) is 11.6. The number of hydrogen-bond donors (Lipinski definition) is 1. The van der Waals surface area contributed by atoms with Gasteiger partial charge in [-0.05, 0) is 59.7 Å². The van der Waals surface area contributed by atoms with Crippen LogP contribution in [0.1, 0.15) is 27.9 Å². The number of carbonyl (C=O) groups excluding carboxylic acids is 2. The van der Waals surface area contributed by atoms with Crippen LogP contribution in [0.5, 0.6) is 0 Å². The molecule has 1 aliphatic rings. The monoisotopic (exact) mass is 484 g/mol. The third kappa shape index (κ3) is 3.41. The second-order valence-corrected chi connectivity index (χ2v) is 9.30. The van der Waals surface area contributed by atoms with Crippen molar-refractivity contribution < 1.29 is 23.5 Å². The number of carbonyl (C=O) groups is 2. The first-order valence-electron chi connectivity index (χ1n) is 10.8. The van der Waals surface area contributed by atoms with Gasteiger partial charge in [-0.2, -0.15) is 0 Å². The Morgan fingerprint density at radius 1 is 1.06 bits per heavy atom. The summed E-state index contributed by atoms with van der Waals surface area (Å²) < 4.78 is 19.9. The number of Topliss-reactive ketones (excluding diaryl/α,β-unsaturated/α-hetero) is 1. The van der Waals surface area contributed by atoms with E-state index in [2.05, 4.69) is 4.98 Å². The molecule has 0 bridgehead atoms. The van der Waals surface area contributed by atoms with E-state index < -0.39 is 29.3 Å². The molecule has 1 unspecified atom stereocenters. The van der Waals surface area contributed by atoms with Gasteiger partial charge in [-0.25, -0.2) is 9.37 Å². The fraction of sp³-hybridized carbons (Fsp3) is 0.0741. The zero-order chi connectivity index (χ0) is 24.3. The van der Waals surface area contributed by atoms with Gasteiger partial charge >= 0.3 is 0 Å². The molecule has 1 N–H and O–H groups in total. The average Bonchev–Trinajstić information content (AvgIpc) is 3.54. The Morgan fingerprint density at radius 2 is 1.86 bits per heavy atom. The average molecular weight is 485 g/mol. The molecule has 6 rings (SSSR count). The van der Waals surface area contributed by atoms with Crippen LogP contribution in [0.3, 0.4) is 0 Å². The van der Waals surface area contributed by atoms with E-state index in [0.717, 1.165) is 22.1 Å². The Kier molecular flexibility index (Phi) is 4.79. The number of amides is 1. The second-order valence-electron chi connectivity index (χ2n) is 8.29. The van der Waals surface area contributed by atoms with Crippen LogP contribution in [0, 0.1) is 12.7 Å². The predicted molar refractivity (Wildman–Crippen MR) is 131 cm³/mol. The van der Waals surface area contributed by atoms with Crippen LogP contribution in [0.15, 0.2) is 88.5 Å². The zero-order valence-corrected chi connectivity index (χ0v) is 19.2. The van der Waals surface area contributed by atoms with Gasteiger partial charge in [-0.15, -0.1) is 0 Å². The predicted octanol–water partition coefficient (Wildman–Crippen LogP) is 6.27. The minimum Gasteiger partial charge on any atom is -0.503 e. The summed E-state index contributed by atoms with van der Waals surface area (Å²) in [5.74, 6) is -1.86. The maximum Gasteiger partial charge on any atom is 0.296 e. The molecule has 0 saturated heterocycles. The number of rotatable bonds is 4. The van der Waals surface area contributed by atoms with E-state index in [1.807, 2.05) is 42.5 Å². The number of aryl methyl sites for hydroxylation is 1. The number of benzene rings is 3. The summed E-state index contributed by atoms with van der Waals surface area (Å²) in [6, 6.07) is 19.7. The van der Waals surface area contributed by atoms with Gasteiger partial charge in [0, 0.05) is 0 Å². The number of fused-ring (bicyclic) bond motifs is 2. The first kappa shape index (κ1) is 21.2. The van der Waals surface area contributed by atoms with Crippen LogP contribution in [0.4, 0.5) is 9.52 Å². The number of hydrogen-bond acceptors (Lipinski definition) is 6. The van der Waals surface area contributed by atoms with E-state index in [0.29, 0.717) is 21.5 Å². The number of thiazole rings is 1. The summed E-state index contributed by atoms with van der Waals surface area (Å²) in [5, 5.41) is 13.1. The van der Waals surface area contributed by atoms with Gasteiger partial charge < -0.3 is 9.52 Å². The number of anilines is 1. The Labute approximate surface area is 202 Å². The van der Waals surface area contributed by atoms with E-state index >= 15 is 0 Å². The van der Waals surface area contributed by atoms with Gasteiger partial charge in [-0.3, -0.25) is 14.5 Å². The molecule has 5 aromatic rings. The van der Waals surface area contributed by atoms with Crippen molar-refractivity contribution in [3.05, 3.63) is 107 Å². The van der Waals surface area contributed by atoms with Crippen molar-refractivity contribution in [2.24, 2.45) is 0 Å². The molecule has 1 amide bonds. The Hall–Kier alpha value is -4.30. The number of aliphatic hydroxyl groups excluding tert-OH is 1. The van der Waals surface area contributed by atoms with Crippen LogP contribution < -0.4 is 4.90 Å². The van der Waals surface area contributed by atoms with E-state index in [-0.39, 0.29) is 16.5 Å². The SMILES string of the molecule is Cc1ccc(C(=O)C2=C(O)C(=O)N(c3nc4ccc(F)cc4s3)C2c2ccc3ccccc3c2)o1. The smallest absolute Gasteiger partial charge is 0.296 e. The zero-order valence-electron chi connectivity index (χ0n) is 18.4. The third-order valence-corrected chi connectivity index (χ3v) is 7.07. The fourth-order valence-corrected chi connectivity index (χ4v) is 5.42. The van der Waals surface area contributed by atoms with Crippen molar-refractivity contribution in [3.8, 4) is 0 Å². The van der Waals surface area contributed by atoms with Crippen LogP contribution in [0.2, 0.25) is 0 Å². The molecule has 3 aromatic carbocycles. The van der Waals surface area contributed by atoms with Gasteiger partial charge in [-0.1, -0.05) is 47.7 Å². The van der Waals surface area contributed by atoms with Crippen molar-refractivity contribution >= 4 is 49.1 Å². The maximum atomic E-state index is 13.8. The lowest BCUT2D eigenvalue weighted by Gasteiger charge is -2.24. The van der Waals surface area contributed by atoms with E-state index in [1.165, 1.54) is 29.2 Å². The number of aliphatic hydroxyl groups is 1. The minimum atomic E-state index is -0.949. The molecular formula is C27H17FN2O4S. The Balaban J connectivity index is 1.55. The molecule has 0 spiro atoms. The van der Waals surface area contributed by atoms with Crippen molar-refractivity contribution in [2.75, 3.05) is 4.90 Å². The Bertz CT molecular complexity index is 1700. The van der Waals surface area contributed by atoms with Crippen LogP contribution in [-0.2, 0) is 4.79 Å². The lowest BCUT2D eigenvalue weighted by molar-refractivity contribution is -0.117. The molecule has 0 aliphatic carbocycles. The molecule has 172 valence electrons. The summed E-state index contributed by atoms with van der Waals surface area (Å²) in [6.45, 7) is 1.71. The van der Waals surface area contributed by atoms with Gasteiger partial charge in [0.1, 0.15) is 11.6 Å². The van der Waals surface area contributed by atoms with Crippen molar-refractivity contribution in [3.63, 3.8) is 0 Å². The van der Waals surface area contributed by atoms with Crippen LogP contribution in [0.25, 0.3) is 21.0 Å². The van der Waals surface area contributed by atoms with Gasteiger partial charge in [0.2, 0.25) is 5.78 Å². The van der Waals surface area contributed by atoms with Crippen molar-refractivity contribution in [2.45, 2.75) is 13.0 Å². The highest BCUT2D eigenvalue weighted by molar-refractivity contribution is 7.22. The largest absolute Gasteiger partial charge is 0.503 e. The van der Waals surface area contributed by atoms with Crippen molar-refractivity contribution in [1.82, 2.24) is 4.98 Å². The summed E-state index contributed by atoms with van der Waals surface area (Å²) in [4.78, 5) is 32.7. The molecule has 1 aliphatic heterocycles. The highest BCUT2D eigenvalue weighted by Crippen LogP contribution is 2.44. The fourth-order valence-electron chi connectivity index (χ4n) is 4.41. The van der Waals surface area contributed by atoms with Crippen LogP contribution >= 0.6 is 11.3 Å². The summed E-state index contributed by atoms with van der Waals surface area (Å²) in [6.07, 6.45) is 0. The molecule has 3 heterocycles. The maximum absolute atomic E-state index is 13.8. The molecule has 0 radical (unpaired) electrons. The molecule has 0 saturated carbocycles.